The average Bonchev–Trinajstić information content (AvgIpc) is 2.88. The number of anilines is 1. The number of amides is 2. The normalized spacial score (nSPS) is 14.3. The Morgan fingerprint density at radius 3 is 2.95 bits per heavy atom. The molecule has 1 aromatic rings. The molecule has 8 heteroatoms. The Morgan fingerprint density at radius 1 is 1.41 bits per heavy atom. The van der Waals surface area contributed by atoms with Gasteiger partial charge in [0, 0.05) is 37.4 Å². The van der Waals surface area contributed by atoms with Crippen LogP contribution in [0.25, 0.3) is 0 Å². The Morgan fingerprint density at radius 2 is 2.23 bits per heavy atom. The standard InChI is InChI=1S/C14H22N4O3S/c1-3-18-8-6-10-11(9-18)22-13(16-10)17-12(19)5-7-15-14(20)21-4-2/h3-9H2,1-2H3,(H,15,20)(H,16,17,19). The van der Waals surface area contributed by atoms with Gasteiger partial charge in [0.1, 0.15) is 0 Å². The van der Waals surface area contributed by atoms with Crippen LogP contribution in [0.15, 0.2) is 0 Å². The van der Waals surface area contributed by atoms with E-state index in [1.807, 2.05) is 0 Å². The van der Waals surface area contributed by atoms with Crippen molar-refractivity contribution in [1.29, 1.82) is 0 Å². The highest BCUT2D eigenvalue weighted by atomic mass is 32.1. The van der Waals surface area contributed by atoms with E-state index in [1.165, 1.54) is 16.2 Å². The lowest BCUT2D eigenvalue weighted by Crippen LogP contribution is -2.29. The van der Waals surface area contributed by atoms with Gasteiger partial charge in [-0.15, -0.1) is 11.3 Å². The molecular weight excluding hydrogens is 304 g/mol. The highest BCUT2D eigenvalue weighted by molar-refractivity contribution is 7.15. The summed E-state index contributed by atoms with van der Waals surface area (Å²) in [7, 11) is 0. The molecule has 2 N–H and O–H groups in total. The van der Waals surface area contributed by atoms with Gasteiger partial charge in [-0.25, -0.2) is 9.78 Å². The van der Waals surface area contributed by atoms with Crippen LogP contribution in [0, 0.1) is 0 Å². The zero-order valence-electron chi connectivity index (χ0n) is 13.0. The summed E-state index contributed by atoms with van der Waals surface area (Å²) >= 11 is 1.53. The van der Waals surface area contributed by atoms with Crippen LogP contribution in [-0.4, -0.2) is 48.1 Å². The zero-order chi connectivity index (χ0) is 15.9. The summed E-state index contributed by atoms with van der Waals surface area (Å²) < 4.78 is 4.72. The summed E-state index contributed by atoms with van der Waals surface area (Å²) in [6, 6.07) is 0. The van der Waals surface area contributed by atoms with Crippen molar-refractivity contribution < 1.29 is 14.3 Å². The fourth-order valence-corrected chi connectivity index (χ4v) is 3.28. The van der Waals surface area contributed by atoms with Crippen LogP contribution < -0.4 is 10.6 Å². The van der Waals surface area contributed by atoms with Gasteiger partial charge < -0.3 is 15.4 Å². The van der Waals surface area contributed by atoms with Crippen molar-refractivity contribution in [1.82, 2.24) is 15.2 Å². The predicted octanol–water partition coefficient (Wildman–Crippen LogP) is 1.60. The highest BCUT2D eigenvalue weighted by Crippen LogP contribution is 2.28. The average molecular weight is 326 g/mol. The molecular formula is C14H22N4O3S. The molecule has 0 aliphatic carbocycles. The summed E-state index contributed by atoms with van der Waals surface area (Å²) in [5.74, 6) is -0.157. The molecule has 2 amide bonds. The number of thiazole rings is 1. The minimum Gasteiger partial charge on any atom is -0.450 e. The first-order chi connectivity index (χ1) is 10.6. The molecule has 0 saturated heterocycles. The topological polar surface area (TPSA) is 83.6 Å². The molecule has 0 atom stereocenters. The van der Waals surface area contributed by atoms with Crippen LogP contribution >= 0.6 is 11.3 Å². The first kappa shape index (κ1) is 16.7. The number of rotatable bonds is 6. The molecule has 0 fully saturated rings. The number of hydrogen-bond donors (Lipinski definition) is 2. The molecule has 2 rings (SSSR count). The maximum atomic E-state index is 11.8. The van der Waals surface area contributed by atoms with E-state index in [4.69, 9.17) is 4.74 Å². The molecule has 1 aromatic heterocycles. The molecule has 0 saturated carbocycles. The maximum Gasteiger partial charge on any atom is 0.407 e. The number of alkyl carbamates (subject to hydrolysis) is 1. The third-order valence-electron chi connectivity index (χ3n) is 3.40. The first-order valence-corrected chi connectivity index (χ1v) is 8.35. The van der Waals surface area contributed by atoms with Crippen molar-refractivity contribution in [3.05, 3.63) is 10.6 Å². The maximum absolute atomic E-state index is 11.8. The predicted molar refractivity (Wildman–Crippen MR) is 85.0 cm³/mol. The Hall–Kier alpha value is -1.67. The van der Waals surface area contributed by atoms with Crippen LogP contribution in [0.1, 0.15) is 30.8 Å². The summed E-state index contributed by atoms with van der Waals surface area (Å²) in [5, 5.41) is 5.96. The number of ether oxygens (including phenoxy) is 1. The lowest BCUT2D eigenvalue weighted by Gasteiger charge is -2.23. The Balaban J connectivity index is 1.78. The third-order valence-corrected chi connectivity index (χ3v) is 4.40. The Kier molecular flexibility index (Phi) is 6.14. The van der Waals surface area contributed by atoms with Crippen molar-refractivity contribution in [3.63, 3.8) is 0 Å². The molecule has 0 unspecified atom stereocenters. The largest absolute Gasteiger partial charge is 0.450 e. The van der Waals surface area contributed by atoms with E-state index in [-0.39, 0.29) is 18.9 Å². The quantitative estimate of drug-likeness (QED) is 0.829. The zero-order valence-corrected chi connectivity index (χ0v) is 13.8. The summed E-state index contributed by atoms with van der Waals surface area (Å²) in [5.41, 5.74) is 1.09. The molecule has 0 spiro atoms. The first-order valence-electron chi connectivity index (χ1n) is 7.53. The summed E-state index contributed by atoms with van der Waals surface area (Å²) in [4.78, 5) is 31.0. The second kappa shape index (κ2) is 8.09. The molecule has 2 heterocycles. The molecule has 0 aromatic carbocycles. The van der Waals surface area contributed by atoms with Gasteiger partial charge in [-0.2, -0.15) is 0 Å². The van der Waals surface area contributed by atoms with Crippen molar-refractivity contribution in [2.45, 2.75) is 33.2 Å². The smallest absolute Gasteiger partial charge is 0.407 e. The van der Waals surface area contributed by atoms with Gasteiger partial charge in [0.05, 0.1) is 12.3 Å². The summed E-state index contributed by atoms with van der Waals surface area (Å²) in [6.07, 6.45) is 0.629. The second-order valence-electron chi connectivity index (χ2n) is 4.95. The van der Waals surface area contributed by atoms with E-state index >= 15 is 0 Å². The van der Waals surface area contributed by atoms with Crippen LogP contribution in [0.2, 0.25) is 0 Å². The van der Waals surface area contributed by atoms with Gasteiger partial charge in [-0.3, -0.25) is 9.69 Å². The number of aromatic nitrogens is 1. The van der Waals surface area contributed by atoms with E-state index < -0.39 is 6.09 Å². The van der Waals surface area contributed by atoms with E-state index in [2.05, 4.69) is 27.4 Å². The Bertz CT molecular complexity index is 532. The van der Waals surface area contributed by atoms with E-state index in [0.29, 0.717) is 11.7 Å². The number of nitrogens with one attached hydrogen (secondary N) is 2. The summed E-state index contributed by atoms with van der Waals surface area (Å²) in [6.45, 7) is 7.39. The molecule has 0 radical (unpaired) electrons. The SMILES string of the molecule is CCOC(=O)NCCC(=O)Nc1nc2c(s1)CN(CC)CC2. The number of fused-ring (bicyclic) bond motifs is 1. The molecule has 0 bridgehead atoms. The van der Waals surface area contributed by atoms with Crippen LogP contribution in [0.5, 0.6) is 0 Å². The number of nitrogens with zero attached hydrogens (tertiary/aromatic N) is 2. The minimum absolute atomic E-state index is 0.157. The van der Waals surface area contributed by atoms with Crippen molar-refractivity contribution in [2.24, 2.45) is 0 Å². The fraction of sp³-hybridized carbons (Fsp3) is 0.643. The number of carbonyl (C=O) groups is 2. The van der Waals surface area contributed by atoms with Gasteiger partial charge in [0.25, 0.3) is 0 Å². The van der Waals surface area contributed by atoms with Gasteiger partial charge in [0.15, 0.2) is 5.13 Å². The lowest BCUT2D eigenvalue weighted by molar-refractivity contribution is -0.116. The van der Waals surface area contributed by atoms with Crippen molar-refractivity contribution >= 4 is 28.5 Å². The van der Waals surface area contributed by atoms with E-state index in [1.54, 1.807) is 6.92 Å². The van der Waals surface area contributed by atoms with Gasteiger partial charge in [-0.1, -0.05) is 6.92 Å². The molecule has 7 nitrogen and oxygen atoms in total. The fourth-order valence-electron chi connectivity index (χ4n) is 2.21. The van der Waals surface area contributed by atoms with Crippen molar-refractivity contribution in [2.75, 3.05) is 31.6 Å². The van der Waals surface area contributed by atoms with Crippen LogP contribution in [0.3, 0.4) is 0 Å². The van der Waals surface area contributed by atoms with E-state index in [9.17, 15) is 9.59 Å². The monoisotopic (exact) mass is 326 g/mol. The van der Waals surface area contributed by atoms with Gasteiger partial charge in [-0.05, 0) is 13.5 Å². The van der Waals surface area contributed by atoms with Gasteiger partial charge in [0.2, 0.25) is 5.91 Å². The number of likely N-dealkylation sites (N-methyl/N-ethyl adjacent to an activating group) is 1. The van der Waals surface area contributed by atoms with Crippen LogP contribution in [-0.2, 0) is 22.5 Å². The molecule has 22 heavy (non-hydrogen) atoms. The molecule has 1 aliphatic heterocycles. The van der Waals surface area contributed by atoms with E-state index in [0.717, 1.165) is 31.7 Å². The Labute approximate surface area is 134 Å². The highest BCUT2D eigenvalue weighted by Gasteiger charge is 2.20. The minimum atomic E-state index is -0.500. The van der Waals surface area contributed by atoms with Crippen molar-refractivity contribution in [3.8, 4) is 0 Å². The molecule has 1 aliphatic rings. The number of hydrogen-bond acceptors (Lipinski definition) is 6. The lowest BCUT2D eigenvalue weighted by atomic mass is 10.2. The van der Waals surface area contributed by atoms with Gasteiger partial charge >= 0.3 is 6.09 Å². The molecule has 122 valence electrons. The third kappa shape index (κ3) is 4.67. The van der Waals surface area contributed by atoms with Crippen LogP contribution in [0.4, 0.5) is 9.93 Å². The second-order valence-corrected chi connectivity index (χ2v) is 6.04. The number of carbonyl (C=O) groups excluding carboxylic acids is 2.